The summed E-state index contributed by atoms with van der Waals surface area (Å²) in [6, 6.07) is 7.54. The number of thioether (sulfide) groups is 1. The molecule has 6 heteroatoms. The van der Waals surface area contributed by atoms with E-state index in [1.165, 1.54) is 17.8 Å². The highest BCUT2D eigenvalue weighted by molar-refractivity contribution is 8.00. The van der Waals surface area contributed by atoms with E-state index in [4.69, 9.17) is 0 Å². The number of aryl methyl sites for hydroxylation is 3. The Morgan fingerprint density at radius 1 is 1.35 bits per heavy atom. The first-order chi connectivity index (χ1) is 12.4. The molecule has 0 radical (unpaired) electrons. The number of nitrogens with one attached hydrogen (secondary N) is 2. The van der Waals surface area contributed by atoms with Crippen LogP contribution in [0, 0.1) is 6.92 Å². The Kier molecular flexibility index (Phi) is 7.45. The van der Waals surface area contributed by atoms with Gasteiger partial charge in [0.15, 0.2) is 5.16 Å². The van der Waals surface area contributed by atoms with Crippen LogP contribution in [0.1, 0.15) is 50.4 Å². The number of carbonyl (C=O) groups excluding carboxylic acids is 1. The highest BCUT2D eigenvalue weighted by atomic mass is 32.2. The first-order valence-electron chi connectivity index (χ1n) is 9.10. The molecule has 0 fully saturated rings. The van der Waals surface area contributed by atoms with Crippen LogP contribution in [0.2, 0.25) is 0 Å². The van der Waals surface area contributed by atoms with Gasteiger partial charge in [-0.2, -0.15) is 0 Å². The lowest BCUT2D eigenvalue weighted by molar-refractivity contribution is -0.115. The number of aromatic nitrogens is 2. The van der Waals surface area contributed by atoms with Crippen molar-refractivity contribution >= 4 is 23.4 Å². The minimum Gasteiger partial charge on any atom is -0.325 e. The van der Waals surface area contributed by atoms with E-state index >= 15 is 0 Å². The number of nitrogens with zero attached hydrogens (tertiary/aromatic N) is 1. The molecule has 0 bridgehead atoms. The van der Waals surface area contributed by atoms with Gasteiger partial charge < -0.3 is 10.3 Å². The van der Waals surface area contributed by atoms with Crippen LogP contribution in [0.25, 0.3) is 0 Å². The van der Waals surface area contributed by atoms with Crippen LogP contribution in [0.4, 0.5) is 5.69 Å². The zero-order valence-electron chi connectivity index (χ0n) is 15.9. The van der Waals surface area contributed by atoms with Gasteiger partial charge in [-0.15, -0.1) is 0 Å². The lowest BCUT2D eigenvalue weighted by Crippen LogP contribution is -2.24. The molecule has 1 amide bonds. The van der Waals surface area contributed by atoms with Crippen LogP contribution in [-0.4, -0.2) is 21.1 Å². The summed E-state index contributed by atoms with van der Waals surface area (Å²) in [7, 11) is 0. The summed E-state index contributed by atoms with van der Waals surface area (Å²) in [6.07, 6.45) is 3.67. The first-order valence-corrected chi connectivity index (χ1v) is 9.98. The standard InChI is InChI=1S/C20H27N3O2S/c1-5-7-11-16-12-17(24)22-20(21-16)26-14(4)19(25)23-18-13(3)9-8-10-15(18)6-2/h8-10,12,14H,5-7,11H2,1-4H3,(H,23,25)(H,21,22,24). The van der Waals surface area contributed by atoms with E-state index in [2.05, 4.69) is 29.1 Å². The zero-order chi connectivity index (χ0) is 19.1. The maximum absolute atomic E-state index is 12.6. The van der Waals surface area contributed by atoms with Crippen molar-refractivity contribution in [2.45, 2.75) is 63.8 Å². The van der Waals surface area contributed by atoms with Gasteiger partial charge in [-0.25, -0.2) is 4.98 Å². The highest BCUT2D eigenvalue weighted by Crippen LogP contribution is 2.24. The number of amides is 1. The second-order valence-electron chi connectivity index (χ2n) is 6.36. The largest absolute Gasteiger partial charge is 0.325 e. The second-order valence-corrected chi connectivity index (χ2v) is 7.69. The van der Waals surface area contributed by atoms with E-state index in [9.17, 15) is 9.59 Å². The Balaban J connectivity index is 2.10. The molecular weight excluding hydrogens is 346 g/mol. The summed E-state index contributed by atoms with van der Waals surface area (Å²) >= 11 is 1.27. The van der Waals surface area contributed by atoms with Gasteiger partial charge in [-0.3, -0.25) is 9.59 Å². The SMILES string of the molecule is CCCCc1cc(=O)[nH]c(SC(C)C(=O)Nc2c(C)cccc2CC)n1. The van der Waals surface area contributed by atoms with E-state index in [1.54, 1.807) is 0 Å². The van der Waals surface area contributed by atoms with E-state index in [0.717, 1.165) is 48.2 Å². The highest BCUT2D eigenvalue weighted by Gasteiger charge is 2.18. The van der Waals surface area contributed by atoms with Gasteiger partial charge in [0.2, 0.25) is 5.91 Å². The zero-order valence-corrected chi connectivity index (χ0v) is 16.7. The Hall–Kier alpha value is -2.08. The maximum atomic E-state index is 12.6. The van der Waals surface area contributed by atoms with Crippen molar-refractivity contribution in [1.29, 1.82) is 0 Å². The molecule has 0 saturated heterocycles. The number of hydrogen-bond acceptors (Lipinski definition) is 4. The number of hydrogen-bond donors (Lipinski definition) is 2. The number of aromatic amines is 1. The van der Waals surface area contributed by atoms with Crippen molar-refractivity contribution < 1.29 is 4.79 Å². The molecule has 1 atom stereocenters. The molecule has 5 nitrogen and oxygen atoms in total. The number of benzene rings is 1. The molecule has 1 aromatic heterocycles. The van der Waals surface area contributed by atoms with Crippen molar-refractivity contribution in [2.75, 3.05) is 5.32 Å². The Morgan fingerprint density at radius 3 is 2.81 bits per heavy atom. The van der Waals surface area contributed by atoms with Gasteiger partial charge in [0.05, 0.1) is 5.25 Å². The topological polar surface area (TPSA) is 74.8 Å². The molecule has 140 valence electrons. The van der Waals surface area contributed by atoms with Crippen LogP contribution in [0.5, 0.6) is 0 Å². The summed E-state index contributed by atoms with van der Waals surface area (Å²) < 4.78 is 0. The molecule has 0 aliphatic heterocycles. The molecule has 1 aromatic carbocycles. The minimum atomic E-state index is -0.371. The summed E-state index contributed by atoms with van der Waals surface area (Å²) in [5.74, 6) is -0.0967. The summed E-state index contributed by atoms with van der Waals surface area (Å²) in [6.45, 7) is 7.98. The Bertz CT molecular complexity index is 817. The smallest absolute Gasteiger partial charge is 0.251 e. The Labute approximate surface area is 159 Å². The van der Waals surface area contributed by atoms with Crippen molar-refractivity contribution in [3.05, 3.63) is 51.4 Å². The lowest BCUT2D eigenvalue weighted by Gasteiger charge is -2.16. The number of carbonyl (C=O) groups is 1. The van der Waals surface area contributed by atoms with Crippen LogP contribution in [0.15, 0.2) is 34.2 Å². The summed E-state index contributed by atoms with van der Waals surface area (Å²) in [5.41, 5.74) is 3.64. The van der Waals surface area contributed by atoms with Crippen LogP contribution in [0.3, 0.4) is 0 Å². The quantitative estimate of drug-likeness (QED) is 0.539. The fourth-order valence-electron chi connectivity index (χ4n) is 2.67. The monoisotopic (exact) mass is 373 g/mol. The van der Waals surface area contributed by atoms with Gasteiger partial charge in [0.25, 0.3) is 5.56 Å². The Morgan fingerprint density at radius 2 is 2.12 bits per heavy atom. The molecule has 0 saturated carbocycles. The van der Waals surface area contributed by atoms with Crippen molar-refractivity contribution in [3.8, 4) is 0 Å². The molecule has 0 aliphatic rings. The molecule has 1 heterocycles. The number of unbranched alkanes of at least 4 members (excludes halogenated alkanes) is 1. The number of H-pyrrole nitrogens is 1. The molecule has 0 aliphatic carbocycles. The second kappa shape index (κ2) is 9.57. The number of para-hydroxylation sites is 1. The summed E-state index contributed by atoms with van der Waals surface area (Å²) in [4.78, 5) is 31.7. The van der Waals surface area contributed by atoms with E-state index < -0.39 is 0 Å². The van der Waals surface area contributed by atoms with Crippen molar-refractivity contribution in [3.63, 3.8) is 0 Å². The molecule has 2 rings (SSSR count). The third kappa shape index (κ3) is 5.46. The molecule has 1 unspecified atom stereocenters. The van der Waals surface area contributed by atoms with Gasteiger partial charge in [-0.05, 0) is 44.2 Å². The maximum Gasteiger partial charge on any atom is 0.251 e. The molecule has 2 aromatic rings. The van der Waals surface area contributed by atoms with Crippen LogP contribution >= 0.6 is 11.8 Å². The molecule has 0 spiro atoms. The normalized spacial score (nSPS) is 12.0. The number of anilines is 1. The minimum absolute atomic E-state index is 0.0967. The fourth-order valence-corrected chi connectivity index (χ4v) is 3.50. The van der Waals surface area contributed by atoms with E-state index in [1.807, 2.05) is 32.0 Å². The number of rotatable bonds is 8. The molecule has 26 heavy (non-hydrogen) atoms. The lowest BCUT2D eigenvalue weighted by atomic mass is 10.1. The van der Waals surface area contributed by atoms with Crippen molar-refractivity contribution in [2.24, 2.45) is 0 Å². The average Bonchev–Trinajstić information content (AvgIpc) is 2.61. The average molecular weight is 374 g/mol. The van der Waals surface area contributed by atoms with Gasteiger partial charge in [0.1, 0.15) is 0 Å². The van der Waals surface area contributed by atoms with Crippen molar-refractivity contribution in [1.82, 2.24) is 9.97 Å². The van der Waals surface area contributed by atoms with Gasteiger partial charge in [-0.1, -0.05) is 50.2 Å². The molecule has 2 N–H and O–H groups in total. The van der Waals surface area contributed by atoms with Crippen LogP contribution < -0.4 is 10.9 Å². The third-order valence-corrected chi connectivity index (χ3v) is 5.19. The van der Waals surface area contributed by atoms with E-state index in [-0.39, 0.29) is 16.7 Å². The van der Waals surface area contributed by atoms with Gasteiger partial charge in [0, 0.05) is 17.4 Å². The predicted molar refractivity (Wildman–Crippen MR) is 108 cm³/mol. The third-order valence-electron chi connectivity index (χ3n) is 4.21. The molecular formula is C20H27N3O2S. The summed E-state index contributed by atoms with van der Waals surface area (Å²) in [5, 5.41) is 3.15. The fraction of sp³-hybridized carbons (Fsp3) is 0.450. The van der Waals surface area contributed by atoms with Crippen LogP contribution in [-0.2, 0) is 17.6 Å². The van der Waals surface area contributed by atoms with Gasteiger partial charge >= 0.3 is 0 Å². The van der Waals surface area contributed by atoms with E-state index in [0.29, 0.717) is 5.16 Å². The predicted octanol–water partition coefficient (Wildman–Crippen LogP) is 4.10. The first kappa shape index (κ1) is 20.2.